The van der Waals surface area contributed by atoms with Crippen molar-refractivity contribution in [2.45, 2.75) is 19.4 Å². The minimum Gasteiger partial charge on any atom is -0.496 e. The van der Waals surface area contributed by atoms with Crippen LogP contribution in [0.1, 0.15) is 23.7 Å². The van der Waals surface area contributed by atoms with Crippen LogP contribution in [-0.4, -0.2) is 30.1 Å². The van der Waals surface area contributed by atoms with Gasteiger partial charge in [-0.25, -0.2) is 9.18 Å². The fourth-order valence-electron chi connectivity index (χ4n) is 1.46. The van der Waals surface area contributed by atoms with Crippen LogP contribution in [-0.2, 0) is 4.79 Å². The van der Waals surface area contributed by atoms with Gasteiger partial charge in [-0.2, -0.15) is 0 Å². The summed E-state index contributed by atoms with van der Waals surface area (Å²) in [6.07, 6.45) is 0.206. The second kappa shape index (κ2) is 6.00. The number of methoxy groups -OCH3 is 1. The Morgan fingerprint density at radius 1 is 1.50 bits per heavy atom. The molecule has 5 nitrogen and oxygen atoms in total. The fourth-order valence-corrected chi connectivity index (χ4v) is 1.46. The number of nitrogens with one attached hydrogen (secondary N) is 1. The Hall–Kier alpha value is -2.11. The van der Waals surface area contributed by atoms with Gasteiger partial charge in [0.2, 0.25) is 0 Å². The Morgan fingerprint density at radius 2 is 2.17 bits per heavy atom. The van der Waals surface area contributed by atoms with Crippen molar-refractivity contribution in [2.24, 2.45) is 0 Å². The molecule has 98 valence electrons. The quantitative estimate of drug-likeness (QED) is 0.834. The SMILES string of the molecule is CCC(NC(=O)c1c(F)cccc1OC)C(=O)O. The third kappa shape index (κ3) is 2.97. The van der Waals surface area contributed by atoms with E-state index in [1.807, 2.05) is 0 Å². The molecule has 0 aromatic heterocycles. The molecule has 1 atom stereocenters. The van der Waals surface area contributed by atoms with Crippen molar-refractivity contribution < 1.29 is 23.8 Å². The predicted molar refractivity (Wildman–Crippen MR) is 62.1 cm³/mol. The van der Waals surface area contributed by atoms with E-state index < -0.39 is 23.7 Å². The maximum Gasteiger partial charge on any atom is 0.326 e. The van der Waals surface area contributed by atoms with Gasteiger partial charge in [-0.15, -0.1) is 0 Å². The Kier molecular flexibility index (Phi) is 4.65. The van der Waals surface area contributed by atoms with E-state index in [9.17, 15) is 14.0 Å². The standard InChI is InChI=1S/C12H14FNO4/c1-3-8(12(16)17)14-11(15)10-7(13)5-4-6-9(10)18-2/h4-6,8H,3H2,1-2H3,(H,14,15)(H,16,17). The van der Waals surface area contributed by atoms with E-state index in [1.54, 1.807) is 6.92 Å². The molecule has 1 aromatic carbocycles. The zero-order valence-electron chi connectivity index (χ0n) is 10.1. The van der Waals surface area contributed by atoms with Gasteiger partial charge in [0.1, 0.15) is 23.2 Å². The van der Waals surface area contributed by atoms with Gasteiger partial charge < -0.3 is 15.2 Å². The summed E-state index contributed by atoms with van der Waals surface area (Å²) in [5.74, 6) is -2.67. The molecule has 0 aliphatic carbocycles. The molecule has 0 aliphatic rings. The summed E-state index contributed by atoms with van der Waals surface area (Å²) in [5.41, 5.74) is -0.292. The van der Waals surface area contributed by atoms with Crippen molar-refractivity contribution in [1.82, 2.24) is 5.32 Å². The molecule has 1 rings (SSSR count). The van der Waals surface area contributed by atoms with E-state index in [0.29, 0.717) is 0 Å². The van der Waals surface area contributed by atoms with Gasteiger partial charge in [-0.1, -0.05) is 13.0 Å². The smallest absolute Gasteiger partial charge is 0.326 e. The molecule has 1 amide bonds. The lowest BCUT2D eigenvalue weighted by Crippen LogP contribution is -2.40. The topological polar surface area (TPSA) is 75.6 Å². The second-order valence-electron chi connectivity index (χ2n) is 3.59. The van der Waals surface area contributed by atoms with Gasteiger partial charge in [0.05, 0.1) is 7.11 Å². The fraction of sp³-hybridized carbons (Fsp3) is 0.333. The van der Waals surface area contributed by atoms with Gasteiger partial charge >= 0.3 is 5.97 Å². The summed E-state index contributed by atoms with van der Waals surface area (Å²) in [5, 5.41) is 11.1. The number of carboxylic acids is 1. The molecule has 6 heteroatoms. The summed E-state index contributed by atoms with van der Waals surface area (Å²) in [6, 6.07) is 2.89. The Balaban J connectivity index is 3.00. The predicted octanol–water partition coefficient (Wildman–Crippen LogP) is 1.43. The first-order chi connectivity index (χ1) is 8.51. The van der Waals surface area contributed by atoms with E-state index >= 15 is 0 Å². The molecular formula is C12H14FNO4. The highest BCUT2D eigenvalue weighted by Gasteiger charge is 2.23. The van der Waals surface area contributed by atoms with Gasteiger partial charge in [0.15, 0.2) is 0 Å². The maximum absolute atomic E-state index is 13.6. The van der Waals surface area contributed by atoms with Gasteiger partial charge in [0.25, 0.3) is 5.91 Å². The minimum atomic E-state index is -1.17. The van der Waals surface area contributed by atoms with Gasteiger partial charge in [-0.3, -0.25) is 4.79 Å². The number of carboxylic acid groups (broad SMARTS) is 1. The van der Waals surface area contributed by atoms with Crippen LogP contribution in [0.15, 0.2) is 18.2 Å². The number of carbonyl (C=O) groups excluding carboxylic acids is 1. The highest BCUT2D eigenvalue weighted by atomic mass is 19.1. The van der Waals surface area contributed by atoms with Crippen LogP contribution < -0.4 is 10.1 Å². The molecule has 0 saturated heterocycles. The minimum absolute atomic E-state index is 0.0627. The number of hydrogen-bond acceptors (Lipinski definition) is 3. The molecule has 0 aliphatic heterocycles. The van der Waals surface area contributed by atoms with E-state index in [0.717, 1.165) is 6.07 Å². The lowest BCUT2D eigenvalue weighted by atomic mass is 10.1. The van der Waals surface area contributed by atoms with Crippen LogP contribution in [0, 0.1) is 5.82 Å². The Morgan fingerprint density at radius 3 is 2.67 bits per heavy atom. The molecule has 1 unspecified atom stereocenters. The van der Waals surface area contributed by atoms with Gasteiger partial charge in [-0.05, 0) is 18.6 Å². The monoisotopic (exact) mass is 255 g/mol. The maximum atomic E-state index is 13.6. The first-order valence-corrected chi connectivity index (χ1v) is 5.37. The lowest BCUT2D eigenvalue weighted by Gasteiger charge is -2.14. The largest absolute Gasteiger partial charge is 0.496 e. The van der Waals surface area contributed by atoms with Crippen LogP contribution >= 0.6 is 0 Å². The van der Waals surface area contributed by atoms with E-state index in [2.05, 4.69) is 5.32 Å². The van der Waals surface area contributed by atoms with Crippen LogP contribution in [0.25, 0.3) is 0 Å². The molecule has 0 bridgehead atoms. The third-order valence-electron chi connectivity index (χ3n) is 2.43. The lowest BCUT2D eigenvalue weighted by molar-refractivity contribution is -0.139. The van der Waals surface area contributed by atoms with Gasteiger partial charge in [0, 0.05) is 0 Å². The summed E-state index contributed by atoms with van der Waals surface area (Å²) < 4.78 is 18.4. The first kappa shape index (κ1) is 14.0. The van der Waals surface area contributed by atoms with Crippen molar-refractivity contribution in [1.29, 1.82) is 0 Å². The highest BCUT2D eigenvalue weighted by Crippen LogP contribution is 2.21. The summed E-state index contributed by atoms with van der Waals surface area (Å²) >= 11 is 0. The summed E-state index contributed by atoms with van der Waals surface area (Å²) in [4.78, 5) is 22.6. The van der Waals surface area contributed by atoms with Crippen molar-refractivity contribution in [2.75, 3.05) is 7.11 Å². The molecule has 2 N–H and O–H groups in total. The van der Waals surface area contributed by atoms with Crippen molar-refractivity contribution in [3.63, 3.8) is 0 Å². The average molecular weight is 255 g/mol. The zero-order valence-corrected chi connectivity index (χ0v) is 10.1. The van der Waals surface area contributed by atoms with Crippen molar-refractivity contribution in [3.05, 3.63) is 29.6 Å². The van der Waals surface area contributed by atoms with E-state index in [4.69, 9.17) is 9.84 Å². The number of carbonyl (C=O) groups is 2. The van der Waals surface area contributed by atoms with Crippen molar-refractivity contribution >= 4 is 11.9 Å². The Labute approximate surface area is 104 Å². The summed E-state index contributed by atoms with van der Waals surface area (Å²) in [7, 11) is 1.31. The number of amides is 1. The highest BCUT2D eigenvalue weighted by molar-refractivity contribution is 5.99. The van der Waals surface area contributed by atoms with E-state index in [-0.39, 0.29) is 17.7 Å². The van der Waals surface area contributed by atoms with Crippen LogP contribution in [0.3, 0.4) is 0 Å². The van der Waals surface area contributed by atoms with Crippen LogP contribution in [0.4, 0.5) is 4.39 Å². The molecule has 0 radical (unpaired) electrons. The van der Waals surface area contributed by atoms with Crippen LogP contribution in [0.5, 0.6) is 5.75 Å². The number of halogens is 1. The molecule has 0 spiro atoms. The summed E-state index contributed by atoms with van der Waals surface area (Å²) in [6.45, 7) is 1.61. The molecule has 0 fully saturated rings. The van der Waals surface area contributed by atoms with Crippen molar-refractivity contribution in [3.8, 4) is 5.75 Å². The number of hydrogen-bond donors (Lipinski definition) is 2. The van der Waals surface area contributed by atoms with E-state index in [1.165, 1.54) is 19.2 Å². The third-order valence-corrected chi connectivity index (χ3v) is 2.43. The first-order valence-electron chi connectivity index (χ1n) is 5.37. The number of aliphatic carboxylic acids is 1. The average Bonchev–Trinajstić information content (AvgIpc) is 2.34. The molecule has 0 heterocycles. The molecule has 1 aromatic rings. The zero-order chi connectivity index (χ0) is 13.7. The second-order valence-corrected chi connectivity index (χ2v) is 3.59. The molecule has 0 saturated carbocycles. The number of benzene rings is 1. The van der Waals surface area contributed by atoms with Crippen LogP contribution in [0.2, 0.25) is 0 Å². The number of ether oxygens (including phenoxy) is 1. The Bertz CT molecular complexity index is 461. The normalized spacial score (nSPS) is 11.7. The molecular weight excluding hydrogens is 241 g/mol. The number of rotatable bonds is 5. The molecule has 18 heavy (non-hydrogen) atoms.